The van der Waals surface area contributed by atoms with Crippen LogP contribution in [0.25, 0.3) is 11.1 Å². The maximum absolute atomic E-state index is 14.4. The van der Waals surface area contributed by atoms with E-state index in [1.807, 2.05) is 36.5 Å². The summed E-state index contributed by atoms with van der Waals surface area (Å²) in [5.74, 6) is 0.640. The van der Waals surface area contributed by atoms with E-state index < -0.39 is 16.6 Å². The lowest BCUT2D eigenvalue weighted by Gasteiger charge is -2.50. The van der Waals surface area contributed by atoms with Gasteiger partial charge in [0, 0.05) is 36.3 Å². The minimum atomic E-state index is -0.974. The van der Waals surface area contributed by atoms with Crippen LogP contribution in [0.15, 0.2) is 67.3 Å². The van der Waals surface area contributed by atoms with Crippen molar-refractivity contribution >= 4 is 5.96 Å². The largest absolute Gasteiger partial charge is 0.624 e. The normalized spacial score (nSPS) is 21.4. The van der Waals surface area contributed by atoms with E-state index in [1.54, 1.807) is 24.7 Å². The number of nitrogens with zero attached hydrogens (tertiary/aromatic N) is 4. The summed E-state index contributed by atoms with van der Waals surface area (Å²) >= 11 is 0. The van der Waals surface area contributed by atoms with Gasteiger partial charge in [-0.05, 0) is 48.1 Å². The Morgan fingerprint density at radius 1 is 1.12 bits per heavy atom. The SMILES string of the molecule is CC1CCCC(C(c2cccc(-c3cccnc3)c2)[N+]([O-])(Cc2ncccn2)C(=N)N)C1. The molecule has 1 aromatic carbocycles. The van der Waals surface area contributed by atoms with Crippen LogP contribution in [-0.2, 0) is 6.54 Å². The van der Waals surface area contributed by atoms with Crippen LogP contribution in [0.2, 0.25) is 0 Å². The molecule has 7 nitrogen and oxygen atoms in total. The Morgan fingerprint density at radius 3 is 2.59 bits per heavy atom. The second kappa shape index (κ2) is 9.54. The van der Waals surface area contributed by atoms with E-state index in [0.717, 1.165) is 36.0 Å². The molecule has 32 heavy (non-hydrogen) atoms. The van der Waals surface area contributed by atoms with E-state index in [1.165, 1.54) is 6.42 Å². The van der Waals surface area contributed by atoms with E-state index in [2.05, 4.69) is 27.9 Å². The van der Waals surface area contributed by atoms with Crippen molar-refractivity contribution in [2.45, 2.75) is 45.2 Å². The van der Waals surface area contributed by atoms with Crippen molar-refractivity contribution in [2.75, 3.05) is 0 Å². The van der Waals surface area contributed by atoms with E-state index in [-0.39, 0.29) is 12.5 Å². The molecular formula is C25H30N6O. The second-order valence-corrected chi connectivity index (χ2v) is 8.85. The number of hydroxylamine groups is 3. The summed E-state index contributed by atoms with van der Waals surface area (Å²) in [5, 5.41) is 22.8. The molecule has 1 aliphatic rings. The maximum Gasteiger partial charge on any atom is 0.293 e. The van der Waals surface area contributed by atoms with Crippen LogP contribution in [0, 0.1) is 22.5 Å². The molecule has 0 amide bonds. The Morgan fingerprint density at radius 2 is 1.91 bits per heavy atom. The first-order valence-electron chi connectivity index (χ1n) is 11.2. The highest BCUT2D eigenvalue weighted by Gasteiger charge is 2.42. The van der Waals surface area contributed by atoms with Crippen LogP contribution >= 0.6 is 0 Å². The molecule has 0 saturated heterocycles. The lowest BCUT2D eigenvalue weighted by Crippen LogP contribution is -2.55. The van der Waals surface area contributed by atoms with Gasteiger partial charge in [0.15, 0.2) is 5.82 Å². The molecule has 3 N–H and O–H groups in total. The Bertz CT molecular complexity index is 1040. The Balaban J connectivity index is 1.80. The van der Waals surface area contributed by atoms with Gasteiger partial charge < -0.3 is 10.9 Å². The maximum atomic E-state index is 14.4. The zero-order valence-corrected chi connectivity index (χ0v) is 18.4. The molecule has 4 rings (SSSR count). The standard InChI is InChI=1S/C25H30N6O/c1-18-6-2-8-20(14-18)24(31(32,25(26)27)17-23-29-12-5-13-30-23)21-9-3-7-19(15-21)22-10-4-11-28-16-22/h3-5,7,9-13,15-16,18,20,24H,2,6,8,14,17H2,1H3,(H3,26,27). The van der Waals surface area contributed by atoms with Gasteiger partial charge in [0.05, 0.1) is 0 Å². The second-order valence-electron chi connectivity index (χ2n) is 8.85. The van der Waals surface area contributed by atoms with E-state index in [4.69, 9.17) is 11.1 Å². The van der Waals surface area contributed by atoms with Gasteiger partial charge in [-0.3, -0.25) is 9.63 Å². The average Bonchev–Trinajstić information content (AvgIpc) is 2.81. The van der Waals surface area contributed by atoms with Gasteiger partial charge in [-0.2, -0.15) is 0 Å². The topological polar surface area (TPSA) is 112 Å². The Labute approximate surface area is 189 Å². The van der Waals surface area contributed by atoms with Gasteiger partial charge in [-0.1, -0.05) is 44.0 Å². The minimum absolute atomic E-state index is 0.0666. The first-order valence-corrected chi connectivity index (χ1v) is 11.2. The number of nitrogens with two attached hydrogens (primary N) is 1. The summed E-state index contributed by atoms with van der Waals surface area (Å²) in [4.78, 5) is 12.8. The predicted octanol–water partition coefficient (Wildman–Crippen LogP) is 4.81. The predicted molar refractivity (Wildman–Crippen MR) is 125 cm³/mol. The minimum Gasteiger partial charge on any atom is -0.624 e. The number of aromatic nitrogens is 3. The molecule has 2 aromatic heterocycles. The fourth-order valence-electron chi connectivity index (χ4n) is 5.01. The summed E-state index contributed by atoms with van der Waals surface area (Å²) in [6, 6.07) is 13.2. The number of pyridine rings is 1. The average molecular weight is 431 g/mol. The molecule has 0 spiro atoms. The van der Waals surface area contributed by atoms with Gasteiger partial charge >= 0.3 is 0 Å². The van der Waals surface area contributed by atoms with Crippen molar-refractivity contribution in [1.29, 1.82) is 5.41 Å². The highest BCUT2D eigenvalue weighted by Crippen LogP contribution is 2.44. The van der Waals surface area contributed by atoms with Crippen LogP contribution in [0.1, 0.15) is 50.0 Å². The molecule has 0 aliphatic heterocycles. The molecule has 1 saturated carbocycles. The molecule has 1 fully saturated rings. The summed E-state index contributed by atoms with van der Waals surface area (Å²) in [6.07, 6.45) is 10.9. The van der Waals surface area contributed by atoms with Crippen LogP contribution in [0.3, 0.4) is 0 Å². The highest BCUT2D eigenvalue weighted by molar-refractivity contribution is 5.68. The fraction of sp³-hybridized carbons (Fsp3) is 0.360. The molecule has 0 radical (unpaired) electrons. The molecule has 2 heterocycles. The van der Waals surface area contributed by atoms with Gasteiger partial charge in [0.25, 0.3) is 5.96 Å². The summed E-state index contributed by atoms with van der Waals surface area (Å²) < 4.78 is -0.974. The third-order valence-electron chi connectivity index (χ3n) is 6.50. The van der Waals surface area contributed by atoms with Crippen LogP contribution in [0.5, 0.6) is 0 Å². The number of benzene rings is 1. The smallest absolute Gasteiger partial charge is 0.293 e. The third-order valence-corrected chi connectivity index (χ3v) is 6.50. The summed E-state index contributed by atoms with van der Waals surface area (Å²) in [5.41, 5.74) is 8.91. The molecule has 0 bridgehead atoms. The lowest BCUT2D eigenvalue weighted by atomic mass is 9.75. The van der Waals surface area contributed by atoms with Crippen LogP contribution in [0.4, 0.5) is 0 Å². The van der Waals surface area contributed by atoms with E-state index in [9.17, 15) is 5.21 Å². The molecule has 4 atom stereocenters. The molecule has 166 valence electrons. The van der Waals surface area contributed by atoms with E-state index >= 15 is 0 Å². The third kappa shape index (κ3) is 4.69. The lowest BCUT2D eigenvalue weighted by molar-refractivity contribution is -0.846. The van der Waals surface area contributed by atoms with Gasteiger partial charge in [0.1, 0.15) is 12.6 Å². The van der Waals surface area contributed by atoms with Gasteiger partial charge in [-0.15, -0.1) is 0 Å². The van der Waals surface area contributed by atoms with Gasteiger partial charge in [0.2, 0.25) is 0 Å². The number of hydrogen-bond donors (Lipinski definition) is 2. The van der Waals surface area contributed by atoms with Crippen molar-refractivity contribution in [3.63, 3.8) is 0 Å². The number of nitrogens with one attached hydrogen (secondary N) is 1. The van der Waals surface area contributed by atoms with Crippen molar-refractivity contribution < 1.29 is 4.65 Å². The monoisotopic (exact) mass is 430 g/mol. The summed E-state index contributed by atoms with van der Waals surface area (Å²) in [7, 11) is 0. The zero-order chi connectivity index (χ0) is 22.6. The van der Waals surface area contributed by atoms with Crippen molar-refractivity contribution in [1.82, 2.24) is 15.0 Å². The molecule has 4 unspecified atom stereocenters. The number of quaternary nitrogens is 1. The summed E-state index contributed by atoms with van der Waals surface area (Å²) in [6.45, 7) is 2.17. The van der Waals surface area contributed by atoms with E-state index in [0.29, 0.717) is 11.7 Å². The molecular weight excluding hydrogens is 400 g/mol. The van der Waals surface area contributed by atoms with Gasteiger partial charge in [-0.25, -0.2) is 15.4 Å². The number of guanidine groups is 1. The highest BCUT2D eigenvalue weighted by atomic mass is 16.6. The van der Waals surface area contributed by atoms with Crippen LogP contribution in [-0.4, -0.2) is 25.6 Å². The Hall–Kier alpha value is -3.16. The van der Waals surface area contributed by atoms with Crippen molar-refractivity contribution in [3.05, 3.63) is 83.8 Å². The molecule has 1 aliphatic carbocycles. The molecule has 3 aromatic rings. The quantitative estimate of drug-likeness (QED) is 0.252. The van der Waals surface area contributed by atoms with Crippen molar-refractivity contribution in [3.8, 4) is 11.1 Å². The number of rotatable bonds is 6. The van der Waals surface area contributed by atoms with Crippen molar-refractivity contribution in [2.24, 2.45) is 17.6 Å². The zero-order valence-electron chi connectivity index (χ0n) is 18.4. The Kier molecular flexibility index (Phi) is 6.58. The first kappa shape index (κ1) is 22.0. The van der Waals surface area contributed by atoms with Crippen LogP contribution < -0.4 is 5.73 Å². The fourth-order valence-corrected chi connectivity index (χ4v) is 5.01. The number of hydrogen-bond acceptors (Lipinski definition) is 5. The first-order chi connectivity index (χ1) is 15.5. The molecule has 7 heteroatoms.